The van der Waals surface area contributed by atoms with E-state index in [0.29, 0.717) is 34.7 Å². The van der Waals surface area contributed by atoms with Gasteiger partial charge in [0.15, 0.2) is 17.3 Å². The summed E-state index contributed by atoms with van der Waals surface area (Å²) in [5.41, 5.74) is 1.22. The fourth-order valence-corrected chi connectivity index (χ4v) is 3.57. The number of likely N-dealkylation sites (N-methyl/N-ethyl adjacent to an activating group) is 1. The first kappa shape index (κ1) is 22.7. The first-order valence-electron chi connectivity index (χ1n) is 10.4. The van der Waals surface area contributed by atoms with Gasteiger partial charge < -0.3 is 24.6 Å². The second kappa shape index (κ2) is 10.9. The van der Waals surface area contributed by atoms with Gasteiger partial charge in [-0.2, -0.15) is 0 Å². The molecule has 2 heterocycles. The van der Waals surface area contributed by atoms with E-state index in [1.165, 1.54) is 20.4 Å². The molecule has 166 valence electrons. The Hall–Kier alpha value is -2.97. The number of benzene rings is 1. The molecule has 31 heavy (non-hydrogen) atoms. The molecule has 0 bridgehead atoms. The van der Waals surface area contributed by atoms with Crippen LogP contribution in [0.25, 0.3) is 0 Å². The van der Waals surface area contributed by atoms with Crippen LogP contribution in [-0.2, 0) is 0 Å². The molecule has 0 radical (unpaired) electrons. The quantitative estimate of drug-likeness (QED) is 0.617. The number of rotatable bonds is 9. The third-order valence-electron chi connectivity index (χ3n) is 5.47. The van der Waals surface area contributed by atoms with E-state index in [9.17, 15) is 9.59 Å². The number of piperazine rings is 1. The predicted octanol–water partition coefficient (Wildman–Crippen LogP) is 2.56. The molecule has 0 spiro atoms. The molecule has 0 saturated carbocycles. The van der Waals surface area contributed by atoms with Crippen LogP contribution >= 0.6 is 0 Å². The molecule has 0 aliphatic carbocycles. The molecular formula is C23H30N4O4. The van der Waals surface area contributed by atoms with Crippen molar-refractivity contribution in [2.45, 2.75) is 12.8 Å². The maximum absolute atomic E-state index is 13.1. The Morgan fingerprint density at radius 1 is 1.10 bits per heavy atom. The van der Waals surface area contributed by atoms with Gasteiger partial charge in [-0.3, -0.25) is 14.6 Å². The van der Waals surface area contributed by atoms with Crippen LogP contribution in [0.2, 0.25) is 0 Å². The highest BCUT2D eigenvalue weighted by Gasteiger charge is 2.20. The van der Waals surface area contributed by atoms with Crippen LogP contribution in [-0.4, -0.2) is 80.5 Å². The number of hydrogen-bond donors (Lipinski definition) is 1. The number of carbonyl (C=O) groups excluding carboxylic acids is 2. The fourth-order valence-electron chi connectivity index (χ4n) is 3.57. The lowest BCUT2D eigenvalue weighted by Gasteiger charge is -2.32. The second-order valence-electron chi connectivity index (χ2n) is 7.62. The van der Waals surface area contributed by atoms with Crippen LogP contribution in [0.1, 0.15) is 33.6 Å². The zero-order chi connectivity index (χ0) is 22.2. The number of ketones is 1. The van der Waals surface area contributed by atoms with E-state index < -0.39 is 0 Å². The Morgan fingerprint density at radius 2 is 1.81 bits per heavy atom. The van der Waals surface area contributed by atoms with Gasteiger partial charge in [-0.15, -0.1) is 0 Å². The molecule has 1 aromatic carbocycles. The number of hydrogen-bond acceptors (Lipinski definition) is 7. The summed E-state index contributed by atoms with van der Waals surface area (Å²) in [4.78, 5) is 34.4. The summed E-state index contributed by atoms with van der Waals surface area (Å²) < 4.78 is 10.7. The minimum Gasteiger partial charge on any atom is -0.493 e. The van der Waals surface area contributed by atoms with Crippen molar-refractivity contribution in [1.29, 1.82) is 0 Å². The fraction of sp³-hybridized carbons (Fsp3) is 0.435. The summed E-state index contributed by atoms with van der Waals surface area (Å²) in [5, 5.41) is 2.83. The van der Waals surface area contributed by atoms with Gasteiger partial charge in [-0.05, 0) is 38.2 Å². The first-order valence-corrected chi connectivity index (χ1v) is 10.4. The zero-order valence-corrected chi connectivity index (χ0v) is 18.4. The number of aromatic nitrogens is 1. The van der Waals surface area contributed by atoms with Gasteiger partial charge in [0.1, 0.15) is 0 Å². The molecule has 1 saturated heterocycles. The number of carbonyl (C=O) groups is 2. The molecule has 1 aliphatic heterocycles. The number of methoxy groups -OCH3 is 2. The molecule has 2 aromatic rings. The van der Waals surface area contributed by atoms with Crippen LogP contribution in [0.5, 0.6) is 11.5 Å². The summed E-state index contributed by atoms with van der Waals surface area (Å²) in [6, 6.07) is 6.62. The van der Waals surface area contributed by atoms with Crippen LogP contribution in [0, 0.1) is 0 Å². The minimum absolute atomic E-state index is 0.0448. The van der Waals surface area contributed by atoms with Gasteiger partial charge in [0.05, 0.1) is 25.5 Å². The lowest BCUT2D eigenvalue weighted by molar-refractivity contribution is 0.0967. The van der Waals surface area contributed by atoms with Gasteiger partial charge >= 0.3 is 0 Å². The Labute approximate surface area is 183 Å². The van der Waals surface area contributed by atoms with Crippen molar-refractivity contribution in [2.24, 2.45) is 0 Å². The second-order valence-corrected chi connectivity index (χ2v) is 7.62. The smallest absolute Gasteiger partial charge is 0.257 e. The topological polar surface area (TPSA) is 84.0 Å². The molecule has 1 N–H and O–H groups in total. The lowest BCUT2D eigenvalue weighted by atomic mass is 10.0. The SMILES string of the molecule is COc1cc(NC(=O)c2cccnc2)c(C(=O)CCCN2CCN(C)CC2)cc1OC. The highest BCUT2D eigenvalue weighted by Crippen LogP contribution is 2.34. The number of nitrogens with one attached hydrogen (secondary N) is 1. The Balaban J connectivity index is 1.73. The van der Waals surface area contributed by atoms with Crippen molar-refractivity contribution < 1.29 is 19.1 Å². The van der Waals surface area contributed by atoms with Crippen LogP contribution in [0.4, 0.5) is 5.69 Å². The van der Waals surface area contributed by atoms with E-state index in [4.69, 9.17) is 9.47 Å². The highest BCUT2D eigenvalue weighted by molar-refractivity contribution is 6.09. The molecular weight excluding hydrogens is 396 g/mol. The summed E-state index contributed by atoms with van der Waals surface area (Å²) in [6.45, 7) is 5.02. The summed E-state index contributed by atoms with van der Waals surface area (Å²) in [7, 11) is 5.16. The molecule has 8 nitrogen and oxygen atoms in total. The molecule has 1 aliphatic rings. The van der Waals surface area contributed by atoms with Gasteiger partial charge in [0.25, 0.3) is 5.91 Å². The Morgan fingerprint density at radius 3 is 2.45 bits per heavy atom. The van der Waals surface area contributed by atoms with Gasteiger partial charge in [-0.25, -0.2) is 0 Å². The van der Waals surface area contributed by atoms with E-state index in [-0.39, 0.29) is 11.7 Å². The Kier molecular flexibility index (Phi) is 7.97. The normalized spacial score (nSPS) is 14.8. The monoisotopic (exact) mass is 426 g/mol. The van der Waals surface area contributed by atoms with Crippen LogP contribution < -0.4 is 14.8 Å². The van der Waals surface area contributed by atoms with E-state index in [2.05, 4.69) is 27.1 Å². The lowest BCUT2D eigenvalue weighted by Crippen LogP contribution is -2.44. The van der Waals surface area contributed by atoms with Gasteiger partial charge in [-0.1, -0.05) is 0 Å². The maximum atomic E-state index is 13.1. The summed E-state index contributed by atoms with van der Waals surface area (Å²) >= 11 is 0. The predicted molar refractivity (Wildman–Crippen MR) is 119 cm³/mol. The number of amides is 1. The third kappa shape index (κ3) is 6.02. The average Bonchev–Trinajstić information content (AvgIpc) is 2.80. The maximum Gasteiger partial charge on any atom is 0.257 e. The third-order valence-corrected chi connectivity index (χ3v) is 5.47. The molecule has 1 amide bonds. The number of nitrogens with zero attached hydrogens (tertiary/aromatic N) is 3. The van der Waals surface area contributed by atoms with Crippen molar-refractivity contribution >= 4 is 17.4 Å². The minimum atomic E-state index is -0.341. The Bertz CT molecular complexity index is 896. The van der Waals surface area contributed by atoms with E-state index in [1.807, 2.05) is 0 Å². The molecule has 1 aromatic heterocycles. The number of anilines is 1. The number of Topliss-reactive ketones (excluding diaryl/α,β-unsaturated/α-hetero) is 1. The van der Waals surface area contributed by atoms with Crippen molar-refractivity contribution in [3.8, 4) is 11.5 Å². The standard InChI is InChI=1S/C23H30N4O4/c1-26-10-12-27(13-11-26)9-5-7-20(28)18-14-21(30-2)22(31-3)15-19(18)25-23(29)17-6-4-8-24-16-17/h4,6,8,14-16H,5,7,9-13H2,1-3H3,(H,25,29). The number of pyridine rings is 1. The first-order chi connectivity index (χ1) is 15.0. The molecule has 0 atom stereocenters. The summed E-state index contributed by atoms with van der Waals surface area (Å²) in [6.07, 6.45) is 4.22. The van der Waals surface area contributed by atoms with Crippen molar-refractivity contribution in [3.05, 3.63) is 47.8 Å². The van der Waals surface area contributed by atoms with Crippen LogP contribution in [0.15, 0.2) is 36.7 Å². The van der Waals surface area contributed by atoms with Gasteiger partial charge in [0.2, 0.25) is 0 Å². The number of ether oxygens (including phenoxy) is 2. The van der Waals surface area contributed by atoms with E-state index in [0.717, 1.165) is 39.1 Å². The molecule has 1 fully saturated rings. The van der Waals surface area contributed by atoms with E-state index >= 15 is 0 Å². The van der Waals surface area contributed by atoms with E-state index in [1.54, 1.807) is 30.5 Å². The largest absolute Gasteiger partial charge is 0.493 e. The molecule has 8 heteroatoms. The van der Waals surface area contributed by atoms with Crippen molar-refractivity contribution in [1.82, 2.24) is 14.8 Å². The zero-order valence-electron chi connectivity index (χ0n) is 18.4. The highest BCUT2D eigenvalue weighted by atomic mass is 16.5. The van der Waals surface area contributed by atoms with Crippen molar-refractivity contribution in [2.75, 3.05) is 59.3 Å². The average molecular weight is 427 g/mol. The summed E-state index contributed by atoms with van der Waals surface area (Å²) in [5.74, 6) is 0.505. The molecule has 0 unspecified atom stereocenters. The van der Waals surface area contributed by atoms with Gasteiger partial charge in [0, 0.05) is 56.6 Å². The van der Waals surface area contributed by atoms with Crippen molar-refractivity contribution in [3.63, 3.8) is 0 Å². The molecule has 3 rings (SSSR count). The van der Waals surface area contributed by atoms with Crippen LogP contribution in [0.3, 0.4) is 0 Å².